The number of piperidine rings is 1. The highest BCUT2D eigenvalue weighted by molar-refractivity contribution is 5.76. The van der Waals surface area contributed by atoms with Crippen LogP contribution in [-0.2, 0) is 11.3 Å². The van der Waals surface area contributed by atoms with Gasteiger partial charge in [-0.15, -0.1) is 0 Å². The van der Waals surface area contributed by atoms with Gasteiger partial charge in [-0.05, 0) is 43.6 Å². The lowest BCUT2D eigenvalue weighted by atomic mass is 9.95. The van der Waals surface area contributed by atoms with Crippen molar-refractivity contribution < 1.29 is 4.79 Å². The van der Waals surface area contributed by atoms with Gasteiger partial charge in [-0.25, -0.2) is 0 Å². The quantitative estimate of drug-likeness (QED) is 0.917. The van der Waals surface area contributed by atoms with E-state index in [2.05, 4.69) is 5.10 Å². The van der Waals surface area contributed by atoms with Crippen molar-refractivity contribution in [3.63, 3.8) is 0 Å². The lowest BCUT2D eigenvalue weighted by Crippen LogP contribution is -2.41. The van der Waals surface area contributed by atoms with Crippen LogP contribution in [0.15, 0.2) is 18.5 Å². The molecule has 1 aromatic heterocycles. The summed E-state index contributed by atoms with van der Waals surface area (Å²) in [5.41, 5.74) is 6.07. The molecular weight excluding hydrogens is 264 g/mol. The number of hydrogen-bond donors (Lipinski definition) is 1. The van der Waals surface area contributed by atoms with Crippen LogP contribution in [0.25, 0.3) is 0 Å². The Balaban J connectivity index is 1.43. The van der Waals surface area contributed by atoms with Gasteiger partial charge in [0, 0.05) is 44.5 Å². The van der Waals surface area contributed by atoms with E-state index >= 15 is 0 Å². The molecule has 5 nitrogen and oxygen atoms in total. The molecule has 2 aliphatic rings. The summed E-state index contributed by atoms with van der Waals surface area (Å²) in [5, 5.41) is 4.26. The Morgan fingerprint density at radius 2 is 2.05 bits per heavy atom. The highest BCUT2D eigenvalue weighted by atomic mass is 16.2. The van der Waals surface area contributed by atoms with Crippen LogP contribution in [0, 0.1) is 11.8 Å². The van der Waals surface area contributed by atoms with Gasteiger partial charge in [-0.2, -0.15) is 5.10 Å². The van der Waals surface area contributed by atoms with E-state index in [-0.39, 0.29) is 6.04 Å². The lowest BCUT2D eigenvalue weighted by molar-refractivity contribution is -0.133. The molecule has 1 amide bonds. The van der Waals surface area contributed by atoms with Crippen molar-refractivity contribution in [2.24, 2.45) is 17.6 Å². The summed E-state index contributed by atoms with van der Waals surface area (Å²) in [6, 6.07) is 2.20. The molecule has 0 radical (unpaired) electrons. The second-order valence-electron chi connectivity index (χ2n) is 6.61. The Kier molecular flexibility index (Phi) is 4.58. The van der Waals surface area contributed by atoms with E-state index in [9.17, 15) is 4.79 Å². The summed E-state index contributed by atoms with van der Waals surface area (Å²) in [5.74, 6) is 1.37. The van der Waals surface area contributed by atoms with Crippen molar-refractivity contribution in [2.75, 3.05) is 13.1 Å². The van der Waals surface area contributed by atoms with E-state index in [1.807, 2.05) is 28.0 Å². The smallest absolute Gasteiger partial charge is 0.222 e. The molecule has 2 N–H and O–H groups in total. The Labute approximate surface area is 126 Å². The number of aromatic nitrogens is 2. The van der Waals surface area contributed by atoms with Gasteiger partial charge in [-0.1, -0.05) is 6.42 Å². The van der Waals surface area contributed by atoms with Crippen molar-refractivity contribution in [2.45, 2.75) is 51.1 Å². The fraction of sp³-hybridized carbons (Fsp3) is 0.750. The van der Waals surface area contributed by atoms with Gasteiger partial charge in [-0.3, -0.25) is 9.48 Å². The third-order valence-electron chi connectivity index (χ3n) is 5.13. The van der Waals surface area contributed by atoms with Crippen LogP contribution in [-0.4, -0.2) is 39.7 Å². The molecular formula is C16H26N4O. The normalized spacial score (nSPS) is 27.2. The number of nitrogens with two attached hydrogens (primary N) is 1. The van der Waals surface area contributed by atoms with Crippen LogP contribution in [0.5, 0.6) is 0 Å². The minimum absolute atomic E-state index is 0.242. The molecule has 1 aromatic rings. The van der Waals surface area contributed by atoms with E-state index in [0.29, 0.717) is 24.2 Å². The van der Waals surface area contributed by atoms with Crippen molar-refractivity contribution >= 4 is 5.91 Å². The number of carbonyl (C=O) groups excluding carboxylic acids is 1. The fourth-order valence-corrected chi connectivity index (χ4v) is 3.71. The van der Waals surface area contributed by atoms with E-state index < -0.39 is 0 Å². The molecule has 0 unspecified atom stereocenters. The number of amides is 1. The molecule has 116 valence electrons. The molecule has 1 saturated carbocycles. The molecule has 3 rings (SSSR count). The highest BCUT2D eigenvalue weighted by Gasteiger charge is 2.29. The monoisotopic (exact) mass is 290 g/mol. The summed E-state index contributed by atoms with van der Waals surface area (Å²) in [4.78, 5) is 14.4. The molecule has 1 aliphatic heterocycles. The third kappa shape index (κ3) is 3.64. The number of rotatable bonds is 4. The molecule has 5 heteroatoms. The zero-order valence-electron chi connectivity index (χ0n) is 12.7. The zero-order chi connectivity index (χ0) is 14.7. The van der Waals surface area contributed by atoms with Gasteiger partial charge in [0.05, 0.1) is 0 Å². The minimum atomic E-state index is 0.242. The molecule has 1 saturated heterocycles. The molecule has 21 heavy (non-hydrogen) atoms. The van der Waals surface area contributed by atoms with E-state index in [1.165, 1.54) is 6.42 Å². The van der Waals surface area contributed by atoms with Gasteiger partial charge in [0.1, 0.15) is 0 Å². The van der Waals surface area contributed by atoms with Crippen molar-refractivity contribution in [1.29, 1.82) is 0 Å². The maximum absolute atomic E-state index is 12.4. The van der Waals surface area contributed by atoms with Crippen LogP contribution in [0.3, 0.4) is 0 Å². The summed E-state index contributed by atoms with van der Waals surface area (Å²) >= 11 is 0. The van der Waals surface area contributed by atoms with Crippen LogP contribution in [0.2, 0.25) is 0 Å². The van der Waals surface area contributed by atoms with Crippen molar-refractivity contribution in [1.82, 2.24) is 14.7 Å². The van der Waals surface area contributed by atoms with E-state index in [0.717, 1.165) is 45.3 Å². The lowest BCUT2D eigenvalue weighted by Gasteiger charge is -2.33. The van der Waals surface area contributed by atoms with E-state index in [1.54, 1.807) is 0 Å². The van der Waals surface area contributed by atoms with Crippen molar-refractivity contribution in [3.8, 4) is 0 Å². The summed E-state index contributed by atoms with van der Waals surface area (Å²) in [7, 11) is 0. The minimum Gasteiger partial charge on any atom is -0.343 e. The van der Waals surface area contributed by atoms with Crippen LogP contribution < -0.4 is 5.73 Å². The third-order valence-corrected chi connectivity index (χ3v) is 5.13. The Hall–Kier alpha value is -1.36. The first-order valence-electron chi connectivity index (χ1n) is 8.23. The molecule has 2 heterocycles. The molecule has 0 bridgehead atoms. The average molecular weight is 290 g/mol. The summed E-state index contributed by atoms with van der Waals surface area (Å²) in [6.45, 7) is 2.77. The molecule has 2 fully saturated rings. The molecule has 0 aromatic carbocycles. The van der Waals surface area contributed by atoms with Gasteiger partial charge in [0.2, 0.25) is 5.91 Å². The highest BCUT2D eigenvalue weighted by Crippen LogP contribution is 2.28. The Morgan fingerprint density at radius 3 is 2.67 bits per heavy atom. The Morgan fingerprint density at radius 1 is 1.24 bits per heavy atom. The predicted molar refractivity (Wildman–Crippen MR) is 81.5 cm³/mol. The first kappa shape index (κ1) is 14.6. The maximum atomic E-state index is 12.4. The average Bonchev–Trinajstić information content (AvgIpc) is 3.12. The molecule has 0 spiro atoms. The largest absolute Gasteiger partial charge is 0.343 e. The predicted octanol–water partition coefficient (Wildman–Crippen LogP) is 1.64. The maximum Gasteiger partial charge on any atom is 0.222 e. The summed E-state index contributed by atoms with van der Waals surface area (Å²) < 4.78 is 2.00. The van der Waals surface area contributed by atoms with Gasteiger partial charge in [0.15, 0.2) is 0 Å². The molecule has 2 atom stereocenters. The van der Waals surface area contributed by atoms with Crippen LogP contribution in [0.1, 0.15) is 38.5 Å². The number of nitrogens with zero attached hydrogens (tertiary/aromatic N) is 3. The first-order valence-corrected chi connectivity index (χ1v) is 8.23. The molecule has 1 aliphatic carbocycles. The first-order chi connectivity index (χ1) is 10.2. The standard InChI is InChI=1S/C16H26N4O/c17-15-4-1-3-14(15)11-16(21)19-9-5-13(6-10-19)12-20-8-2-7-18-20/h2,7-8,13-15H,1,3-6,9-12,17H2/t14-,15+/m0/s1. The number of carbonyl (C=O) groups is 1. The summed E-state index contributed by atoms with van der Waals surface area (Å²) in [6.07, 6.45) is 10.1. The number of likely N-dealkylation sites (tertiary alicyclic amines) is 1. The van der Waals surface area contributed by atoms with Gasteiger partial charge in [0.25, 0.3) is 0 Å². The van der Waals surface area contributed by atoms with Gasteiger partial charge >= 0.3 is 0 Å². The second kappa shape index (κ2) is 6.60. The zero-order valence-corrected chi connectivity index (χ0v) is 12.7. The van der Waals surface area contributed by atoms with Gasteiger partial charge < -0.3 is 10.6 Å². The van der Waals surface area contributed by atoms with Crippen LogP contribution in [0.4, 0.5) is 0 Å². The number of hydrogen-bond acceptors (Lipinski definition) is 3. The topological polar surface area (TPSA) is 64.2 Å². The Bertz CT molecular complexity index is 451. The second-order valence-corrected chi connectivity index (χ2v) is 6.61. The fourth-order valence-electron chi connectivity index (χ4n) is 3.71. The van der Waals surface area contributed by atoms with E-state index in [4.69, 9.17) is 5.73 Å². The van der Waals surface area contributed by atoms with Crippen LogP contribution >= 0.6 is 0 Å². The SMILES string of the molecule is N[C@@H]1CCC[C@H]1CC(=O)N1CCC(Cn2cccn2)CC1. The van der Waals surface area contributed by atoms with Crippen molar-refractivity contribution in [3.05, 3.63) is 18.5 Å².